The van der Waals surface area contributed by atoms with E-state index in [9.17, 15) is 9.59 Å². The Morgan fingerprint density at radius 1 is 0.971 bits per heavy atom. The van der Waals surface area contributed by atoms with Crippen LogP contribution in [0.25, 0.3) is 0 Å². The number of ether oxygens (including phenoxy) is 2. The van der Waals surface area contributed by atoms with Gasteiger partial charge in [-0.15, -0.1) is 0 Å². The molecular formula is C27H35N3O4. The van der Waals surface area contributed by atoms with E-state index in [-0.39, 0.29) is 24.2 Å². The summed E-state index contributed by atoms with van der Waals surface area (Å²) in [6.07, 6.45) is 7.29. The molecule has 1 aliphatic carbocycles. The van der Waals surface area contributed by atoms with Crippen LogP contribution in [-0.2, 0) is 16.0 Å². The quantitative estimate of drug-likeness (QED) is 0.571. The number of carbonyl (C=O) groups excluding carboxylic acids is 2. The predicted octanol–water partition coefficient (Wildman–Crippen LogP) is 4.48. The maximum atomic E-state index is 12.8. The second-order valence-corrected chi connectivity index (χ2v) is 9.23. The highest BCUT2D eigenvalue weighted by Crippen LogP contribution is 2.28. The van der Waals surface area contributed by atoms with Gasteiger partial charge >= 0.3 is 0 Å². The maximum absolute atomic E-state index is 12.8. The average molecular weight is 466 g/mol. The standard InChI is InChI=1S/C27H35N3O4/c1-33-24-13-8-19(16-25(24)34-2)14-15-30-18-20(17-26(30)31)27(32)29-23-11-9-22(10-12-23)28-21-6-4-3-5-7-21/h8-13,16,20-21,28H,3-7,14-15,17-18H2,1-2H3,(H,29,32)/t20-/m1/s1. The molecule has 1 aliphatic heterocycles. The molecule has 0 unspecified atom stereocenters. The molecule has 7 nitrogen and oxygen atoms in total. The van der Waals surface area contributed by atoms with Crippen LogP contribution >= 0.6 is 0 Å². The van der Waals surface area contributed by atoms with Crippen LogP contribution in [-0.4, -0.2) is 50.1 Å². The lowest BCUT2D eigenvalue weighted by molar-refractivity contribution is -0.128. The van der Waals surface area contributed by atoms with E-state index in [0.29, 0.717) is 37.1 Å². The first-order valence-corrected chi connectivity index (χ1v) is 12.2. The van der Waals surface area contributed by atoms with Crippen LogP contribution in [0.5, 0.6) is 11.5 Å². The Labute approximate surface area is 201 Å². The Morgan fingerprint density at radius 2 is 1.68 bits per heavy atom. The first-order valence-electron chi connectivity index (χ1n) is 12.2. The number of benzene rings is 2. The second kappa shape index (κ2) is 11.3. The number of likely N-dealkylation sites (tertiary alicyclic amines) is 1. The van der Waals surface area contributed by atoms with E-state index in [4.69, 9.17) is 9.47 Å². The van der Waals surface area contributed by atoms with Gasteiger partial charge in [-0.05, 0) is 61.2 Å². The van der Waals surface area contributed by atoms with Gasteiger partial charge in [0, 0.05) is 36.9 Å². The van der Waals surface area contributed by atoms with Crippen LogP contribution in [0.1, 0.15) is 44.1 Å². The Morgan fingerprint density at radius 3 is 2.38 bits per heavy atom. The largest absolute Gasteiger partial charge is 0.493 e. The predicted molar refractivity (Wildman–Crippen MR) is 134 cm³/mol. The number of amides is 2. The van der Waals surface area contributed by atoms with Crippen molar-refractivity contribution in [2.45, 2.75) is 51.0 Å². The van der Waals surface area contributed by atoms with Gasteiger partial charge in [-0.25, -0.2) is 0 Å². The molecule has 0 radical (unpaired) electrons. The molecule has 2 aliphatic rings. The van der Waals surface area contributed by atoms with Gasteiger partial charge < -0.3 is 25.0 Å². The topological polar surface area (TPSA) is 79.9 Å². The van der Waals surface area contributed by atoms with Crippen molar-refractivity contribution in [3.05, 3.63) is 48.0 Å². The molecule has 2 N–H and O–H groups in total. The summed E-state index contributed by atoms with van der Waals surface area (Å²) in [6.45, 7) is 1.01. The van der Waals surface area contributed by atoms with Crippen LogP contribution in [0.4, 0.5) is 11.4 Å². The number of rotatable bonds is 9. The number of methoxy groups -OCH3 is 2. The van der Waals surface area contributed by atoms with E-state index in [1.165, 1.54) is 32.1 Å². The summed E-state index contributed by atoms with van der Waals surface area (Å²) in [6, 6.07) is 14.2. The maximum Gasteiger partial charge on any atom is 0.229 e. The van der Waals surface area contributed by atoms with E-state index in [1.54, 1.807) is 19.1 Å². The molecule has 2 aromatic carbocycles. The van der Waals surface area contributed by atoms with Crippen LogP contribution < -0.4 is 20.1 Å². The summed E-state index contributed by atoms with van der Waals surface area (Å²) in [5.41, 5.74) is 2.90. The van der Waals surface area contributed by atoms with Crippen molar-refractivity contribution in [1.82, 2.24) is 4.90 Å². The van der Waals surface area contributed by atoms with E-state index in [2.05, 4.69) is 10.6 Å². The number of carbonyl (C=O) groups is 2. The molecule has 7 heteroatoms. The van der Waals surface area contributed by atoms with Crippen molar-refractivity contribution < 1.29 is 19.1 Å². The first kappa shape index (κ1) is 23.9. The van der Waals surface area contributed by atoms with Gasteiger partial charge in [-0.2, -0.15) is 0 Å². The first-order chi connectivity index (χ1) is 16.6. The normalized spacial score (nSPS) is 18.6. The molecule has 182 valence electrons. The van der Waals surface area contributed by atoms with Crippen LogP contribution in [0, 0.1) is 5.92 Å². The lowest BCUT2D eigenvalue weighted by Gasteiger charge is -2.24. The minimum Gasteiger partial charge on any atom is -0.493 e. The monoisotopic (exact) mass is 465 g/mol. The average Bonchev–Trinajstić information content (AvgIpc) is 3.25. The highest BCUT2D eigenvalue weighted by molar-refractivity contribution is 5.97. The lowest BCUT2D eigenvalue weighted by atomic mass is 9.95. The molecule has 0 aromatic heterocycles. The smallest absolute Gasteiger partial charge is 0.229 e. The van der Waals surface area contributed by atoms with E-state index >= 15 is 0 Å². The zero-order valence-electron chi connectivity index (χ0n) is 20.1. The highest BCUT2D eigenvalue weighted by atomic mass is 16.5. The van der Waals surface area contributed by atoms with Crippen LogP contribution in [0.2, 0.25) is 0 Å². The number of anilines is 2. The Bertz CT molecular complexity index is 986. The van der Waals surface area contributed by atoms with Crippen molar-refractivity contribution in [1.29, 1.82) is 0 Å². The van der Waals surface area contributed by atoms with Crippen molar-refractivity contribution in [2.75, 3.05) is 37.9 Å². The fourth-order valence-electron chi connectivity index (χ4n) is 4.84. The fraction of sp³-hybridized carbons (Fsp3) is 0.481. The molecule has 1 saturated heterocycles. The van der Waals surface area contributed by atoms with Gasteiger partial charge in [0.2, 0.25) is 11.8 Å². The molecule has 0 bridgehead atoms. The number of nitrogens with one attached hydrogen (secondary N) is 2. The molecule has 2 amide bonds. The molecule has 1 heterocycles. The van der Waals surface area contributed by atoms with E-state index in [1.807, 2.05) is 42.5 Å². The summed E-state index contributed by atoms with van der Waals surface area (Å²) in [7, 11) is 3.21. The van der Waals surface area contributed by atoms with Gasteiger partial charge in [0.1, 0.15) is 0 Å². The van der Waals surface area contributed by atoms with Gasteiger partial charge in [-0.3, -0.25) is 9.59 Å². The van der Waals surface area contributed by atoms with Gasteiger partial charge in [-0.1, -0.05) is 25.3 Å². The summed E-state index contributed by atoms with van der Waals surface area (Å²) >= 11 is 0. The minimum atomic E-state index is -0.335. The molecule has 2 aromatic rings. The third kappa shape index (κ3) is 6.01. The summed E-state index contributed by atoms with van der Waals surface area (Å²) in [4.78, 5) is 27.1. The summed E-state index contributed by atoms with van der Waals surface area (Å²) in [5, 5.41) is 6.57. The van der Waals surface area contributed by atoms with E-state index < -0.39 is 0 Å². The van der Waals surface area contributed by atoms with Gasteiger partial charge in [0.25, 0.3) is 0 Å². The minimum absolute atomic E-state index is 0.0210. The molecule has 1 atom stereocenters. The zero-order chi connectivity index (χ0) is 23.9. The Kier molecular flexibility index (Phi) is 7.93. The molecule has 4 rings (SSSR count). The van der Waals surface area contributed by atoms with Crippen LogP contribution in [0.3, 0.4) is 0 Å². The molecule has 0 spiro atoms. The Hall–Kier alpha value is -3.22. The fourth-order valence-corrected chi connectivity index (χ4v) is 4.84. The summed E-state index contributed by atoms with van der Waals surface area (Å²) < 4.78 is 10.6. The van der Waals surface area contributed by atoms with Crippen LogP contribution in [0.15, 0.2) is 42.5 Å². The number of hydrogen-bond donors (Lipinski definition) is 2. The second-order valence-electron chi connectivity index (χ2n) is 9.23. The molecule has 2 fully saturated rings. The van der Waals surface area contributed by atoms with Crippen molar-refractivity contribution in [3.8, 4) is 11.5 Å². The third-order valence-corrected chi connectivity index (χ3v) is 6.83. The highest BCUT2D eigenvalue weighted by Gasteiger charge is 2.34. The number of nitrogens with zero attached hydrogens (tertiary/aromatic N) is 1. The van der Waals surface area contributed by atoms with Gasteiger partial charge in [0.15, 0.2) is 11.5 Å². The van der Waals surface area contributed by atoms with Gasteiger partial charge in [0.05, 0.1) is 20.1 Å². The molecule has 1 saturated carbocycles. The SMILES string of the molecule is COc1ccc(CCN2C[C@H](C(=O)Nc3ccc(NC4CCCCC4)cc3)CC2=O)cc1OC. The molecular weight excluding hydrogens is 430 g/mol. The Balaban J connectivity index is 1.26. The van der Waals surface area contributed by atoms with Crippen molar-refractivity contribution in [2.24, 2.45) is 5.92 Å². The molecule has 34 heavy (non-hydrogen) atoms. The third-order valence-electron chi connectivity index (χ3n) is 6.83. The lowest BCUT2D eigenvalue weighted by Crippen LogP contribution is -2.30. The zero-order valence-corrected chi connectivity index (χ0v) is 20.1. The van der Waals surface area contributed by atoms with E-state index in [0.717, 1.165) is 16.9 Å². The number of hydrogen-bond acceptors (Lipinski definition) is 5. The van der Waals surface area contributed by atoms with Crippen molar-refractivity contribution in [3.63, 3.8) is 0 Å². The summed E-state index contributed by atoms with van der Waals surface area (Å²) in [5.74, 6) is 0.934. The van der Waals surface area contributed by atoms with Crippen molar-refractivity contribution >= 4 is 23.2 Å².